The highest BCUT2D eigenvalue weighted by Crippen LogP contribution is 2.45. The number of hydrogen-bond donors (Lipinski definition) is 0. The third kappa shape index (κ3) is 7.84. The molecule has 4 aromatic carbocycles. The van der Waals surface area contributed by atoms with E-state index in [0.717, 1.165) is 72.3 Å². The first kappa shape index (κ1) is 39.6. The zero-order valence-electron chi connectivity index (χ0n) is 33.2. The van der Waals surface area contributed by atoms with Gasteiger partial charge in [0.05, 0.1) is 34.6 Å². The molecule has 0 spiro atoms. The molecule has 4 aromatic rings. The largest absolute Gasteiger partial charge is 0.270 e. The second-order valence-electron chi connectivity index (χ2n) is 15.9. The molecule has 8 heteroatoms. The Hall–Kier alpha value is -6.12. The van der Waals surface area contributed by atoms with Crippen LogP contribution in [0.2, 0.25) is 0 Å². The number of aryl methyl sites for hydroxylation is 2. The van der Waals surface area contributed by atoms with Gasteiger partial charge < -0.3 is 0 Å². The molecule has 2 heterocycles. The summed E-state index contributed by atoms with van der Waals surface area (Å²) in [5, 5.41) is 10.5. The molecule has 0 fully saturated rings. The van der Waals surface area contributed by atoms with Crippen LogP contribution in [-0.2, 0) is 12.8 Å². The Balaban J connectivity index is 1.29. The first-order valence-electron chi connectivity index (χ1n) is 19.5. The van der Waals surface area contributed by atoms with Crippen molar-refractivity contribution in [3.8, 4) is 6.07 Å². The van der Waals surface area contributed by atoms with Crippen LogP contribution in [0.3, 0.4) is 0 Å². The van der Waals surface area contributed by atoms with E-state index in [1.54, 1.807) is 24.3 Å². The van der Waals surface area contributed by atoms with Crippen molar-refractivity contribution in [3.63, 3.8) is 0 Å². The van der Waals surface area contributed by atoms with Crippen LogP contribution >= 0.6 is 0 Å². The van der Waals surface area contributed by atoms with Gasteiger partial charge in [-0.05, 0) is 144 Å². The van der Waals surface area contributed by atoms with Crippen LogP contribution in [0.15, 0.2) is 84.0 Å². The number of carbonyl (C=O) groups is 4. The first-order chi connectivity index (χ1) is 26.8. The van der Waals surface area contributed by atoms with Crippen molar-refractivity contribution in [1.29, 1.82) is 5.26 Å². The molecule has 2 aliphatic rings. The predicted octanol–water partition coefficient (Wildman–Crippen LogP) is 11.5. The van der Waals surface area contributed by atoms with Crippen molar-refractivity contribution in [1.82, 2.24) is 0 Å². The molecule has 0 saturated heterocycles. The molecule has 2 aliphatic heterocycles. The van der Waals surface area contributed by atoms with Crippen molar-refractivity contribution in [2.24, 2.45) is 11.8 Å². The molecule has 0 aliphatic carbocycles. The van der Waals surface area contributed by atoms with Crippen molar-refractivity contribution < 1.29 is 19.2 Å². The molecule has 8 nitrogen and oxygen atoms in total. The lowest BCUT2D eigenvalue weighted by Gasteiger charge is -2.33. The first-order valence-corrected chi connectivity index (χ1v) is 19.5. The van der Waals surface area contributed by atoms with Gasteiger partial charge in [-0.1, -0.05) is 61.4 Å². The fourth-order valence-electron chi connectivity index (χ4n) is 7.74. The average Bonchev–Trinajstić information content (AvgIpc) is 3.17. The topological polar surface area (TPSA) is 103 Å². The summed E-state index contributed by atoms with van der Waals surface area (Å²) >= 11 is 0. The lowest BCUT2D eigenvalue weighted by Crippen LogP contribution is -2.44. The lowest BCUT2D eigenvalue weighted by atomic mass is 9.82. The molecule has 0 N–H and O–H groups in total. The monoisotopic (exact) mass is 744 g/mol. The van der Waals surface area contributed by atoms with E-state index in [1.165, 1.54) is 23.3 Å². The molecule has 6 rings (SSSR count). The number of carbonyl (C=O) groups excluding carboxylic acids is 4. The van der Waals surface area contributed by atoms with Crippen LogP contribution in [0.25, 0.3) is 15.6 Å². The van der Waals surface area contributed by atoms with Crippen molar-refractivity contribution in [3.05, 3.63) is 134 Å². The van der Waals surface area contributed by atoms with E-state index in [0.29, 0.717) is 23.2 Å². The second kappa shape index (κ2) is 16.7. The third-order valence-corrected chi connectivity index (χ3v) is 11.0. The number of rotatable bonds is 14. The van der Waals surface area contributed by atoms with Crippen LogP contribution in [0.5, 0.6) is 0 Å². The number of hydrogen-bond acceptors (Lipinski definition) is 5. The Morgan fingerprint density at radius 1 is 0.661 bits per heavy atom. The van der Waals surface area contributed by atoms with Crippen molar-refractivity contribution in [2.45, 2.75) is 92.9 Å². The Morgan fingerprint density at radius 2 is 1.09 bits per heavy atom. The molecule has 0 bridgehead atoms. The normalized spacial score (nSPS) is 14.4. The molecule has 2 unspecified atom stereocenters. The predicted molar refractivity (Wildman–Crippen MR) is 222 cm³/mol. The molecule has 0 aromatic heterocycles. The average molecular weight is 745 g/mol. The highest BCUT2D eigenvalue weighted by Gasteiger charge is 2.43. The fraction of sp³-hybridized carbons (Fsp3) is 0.333. The number of nitriles is 1. The molecule has 0 radical (unpaired) electrons. The highest BCUT2D eigenvalue weighted by atomic mass is 16.2. The van der Waals surface area contributed by atoms with Gasteiger partial charge in [0.25, 0.3) is 23.6 Å². The Morgan fingerprint density at radius 3 is 1.52 bits per heavy atom. The number of nitrogens with zero attached hydrogens (tertiary/aromatic N) is 4. The molecular weight excluding hydrogens is 697 g/mol. The van der Waals surface area contributed by atoms with Gasteiger partial charge in [-0.25, -0.2) is 14.6 Å². The third-order valence-electron chi connectivity index (χ3n) is 11.0. The van der Waals surface area contributed by atoms with E-state index in [2.05, 4.69) is 64.6 Å². The van der Waals surface area contributed by atoms with E-state index in [4.69, 9.17) is 6.57 Å². The SMILES string of the molecule is [C-]#[N+]c1cc2c3c(c(C#N)cc4c3c1C(=O)N(c1ccc(CCC(C)CCC=C(C)C)cc1)C4=O)C(=O)N(c1ccc(CCC(C)CCC=C(C)C)cc1)C2=O. The van der Waals surface area contributed by atoms with E-state index in [9.17, 15) is 24.4 Å². The van der Waals surface area contributed by atoms with Gasteiger partial charge >= 0.3 is 0 Å². The van der Waals surface area contributed by atoms with Gasteiger partial charge in [0.1, 0.15) is 6.07 Å². The molecular formula is C48H48N4O4. The number of amides is 4. The van der Waals surface area contributed by atoms with Crippen molar-refractivity contribution >= 4 is 51.5 Å². The quantitative estimate of drug-likeness (QED) is 0.0726. The van der Waals surface area contributed by atoms with E-state index in [1.807, 2.05) is 24.3 Å². The molecule has 2 atom stereocenters. The van der Waals surface area contributed by atoms with Gasteiger partial charge in [-0.3, -0.25) is 19.2 Å². The van der Waals surface area contributed by atoms with Gasteiger partial charge in [0.15, 0.2) is 0 Å². The van der Waals surface area contributed by atoms with Crippen LogP contribution in [0.4, 0.5) is 17.1 Å². The summed E-state index contributed by atoms with van der Waals surface area (Å²) in [5.41, 5.74) is 5.08. The smallest absolute Gasteiger partial charge is 0.267 e. The maximum Gasteiger partial charge on any atom is 0.267 e. The summed E-state index contributed by atoms with van der Waals surface area (Å²) in [4.78, 5) is 62.8. The summed E-state index contributed by atoms with van der Waals surface area (Å²) < 4.78 is 0. The van der Waals surface area contributed by atoms with E-state index < -0.39 is 23.6 Å². The maximum absolute atomic E-state index is 14.3. The standard InChI is InChI=1S/C48H48N4O4/c1-29(2)10-8-12-31(5)14-16-33-18-22-36(23-19-33)51-46(54)39-27-40(50-7)44-43-38(26-35(28-49)41(42(39)43)47(51)55)45(53)52(48(44)56)37-24-20-34(21-25-37)17-15-32(6)13-9-11-30(3)4/h10-11,18-27,31-32H,8-9,12-17H2,1-6H3. The Bertz CT molecular complexity index is 2210. The van der Waals surface area contributed by atoms with Crippen molar-refractivity contribution in [2.75, 3.05) is 9.80 Å². The van der Waals surface area contributed by atoms with E-state index in [-0.39, 0.29) is 44.3 Å². The van der Waals surface area contributed by atoms with Crippen LogP contribution in [-0.4, -0.2) is 23.6 Å². The second-order valence-corrected chi connectivity index (χ2v) is 15.9. The van der Waals surface area contributed by atoms with Crippen LogP contribution in [0, 0.1) is 29.7 Å². The van der Waals surface area contributed by atoms with E-state index >= 15 is 0 Å². The number of anilines is 2. The summed E-state index contributed by atoms with van der Waals surface area (Å²) in [5.74, 6) is -1.76. The Kier molecular flexibility index (Phi) is 11.8. The summed E-state index contributed by atoms with van der Waals surface area (Å²) in [7, 11) is 0. The minimum absolute atomic E-state index is 0.00884. The molecule has 284 valence electrons. The number of imide groups is 2. The summed E-state index contributed by atoms with van der Waals surface area (Å²) in [6.07, 6.45) is 12.5. The minimum atomic E-state index is -0.725. The zero-order chi connectivity index (χ0) is 40.3. The van der Waals surface area contributed by atoms with Crippen LogP contribution < -0.4 is 9.80 Å². The molecule has 56 heavy (non-hydrogen) atoms. The summed E-state index contributed by atoms with van der Waals surface area (Å²) in [6.45, 7) is 20.9. The number of allylic oxidation sites excluding steroid dienone is 4. The van der Waals surface area contributed by atoms with Gasteiger partial charge in [-0.15, -0.1) is 0 Å². The highest BCUT2D eigenvalue weighted by molar-refractivity contribution is 6.43. The van der Waals surface area contributed by atoms with Crippen LogP contribution in [0.1, 0.15) is 138 Å². The van der Waals surface area contributed by atoms with Gasteiger partial charge in [-0.2, -0.15) is 5.26 Å². The molecule has 0 saturated carbocycles. The molecule has 4 amide bonds. The maximum atomic E-state index is 14.3. The zero-order valence-corrected chi connectivity index (χ0v) is 33.2. The fourth-order valence-corrected chi connectivity index (χ4v) is 7.74. The minimum Gasteiger partial charge on any atom is -0.270 e. The Labute approximate surface area is 329 Å². The number of benzene rings is 4. The van der Waals surface area contributed by atoms with Gasteiger partial charge in [0, 0.05) is 16.5 Å². The lowest BCUT2D eigenvalue weighted by molar-refractivity contribution is 0.0873. The summed E-state index contributed by atoms with van der Waals surface area (Å²) in [6, 6.07) is 19.2. The van der Waals surface area contributed by atoms with Gasteiger partial charge in [0.2, 0.25) is 5.69 Å².